The number of aromatic nitrogens is 1. The van der Waals surface area contributed by atoms with Gasteiger partial charge in [0.2, 0.25) is 0 Å². The Morgan fingerprint density at radius 1 is 1.09 bits per heavy atom. The molecule has 174 valence electrons. The first-order valence-corrected chi connectivity index (χ1v) is 11.7. The highest BCUT2D eigenvalue weighted by Gasteiger charge is 2.19. The number of thiazole rings is 1. The van der Waals surface area contributed by atoms with Gasteiger partial charge in [-0.3, -0.25) is 4.79 Å². The van der Waals surface area contributed by atoms with Crippen molar-refractivity contribution >= 4 is 29.0 Å². The standard InChI is InChI=1S/C25H30N4O3S/c1-17-9-8-10-18(2)23(17)28-25(31)29(13-14-32-4)15-22-27-21(16-33-22)24(30)26-19(3)20-11-6-5-7-12-20/h5-12,16,19H,13-15H2,1-4H3,(H,26,30)(H,28,31). The minimum Gasteiger partial charge on any atom is -0.383 e. The Balaban J connectivity index is 1.67. The van der Waals surface area contributed by atoms with Gasteiger partial charge < -0.3 is 20.3 Å². The lowest BCUT2D eigenvalue weighted by molar-refractivity contribution is 0.0935. The molecule has 0 aliphatic heterocycles. The molecule has 8 heteroatoms. The van der Waals surface area contributed by atoms with Gasteiger partial charge in [0.15, 0.2) is 0 Å². The lowest BCUT2D eigenvalue weighted by Crippen LogP contribution is -2.37. The maximum absolute atomic E-state index is 13.0. The smallest absolute Gasteiger partial charge is 0.322 e. The molecule has 2 aromatic carbocycles. The Hall–Kier alpha value is -3.23. The number of urea groups is 1. The second-order valence-corrected chi connectivity index (χ2v) is 8.79. The monoisotopic (exact) mass is 466 g/mol. The van der Waals surface area contributed by atoms with Gasteiger partial charge in [-0.2, -0.15) is 0 Å². The van der Waals surface area contributed by atoms with Gasteiger partial charge in [0, 0.05) is 24.7 Å². The van der Waals surface area contributed by atoms with Crippen LogP contribution in [-0.2, 0) is 11.3 Å². The zero-order valence-electron chi connectivity index (χ0n) is 19.4. The van der Waals surface area contributed by atoms with Gasteiger partial charge in [-0.1, -0.05) is 48.5 Å². The molecule has 0 aliphatic rings. The minimum absolute atomic E-state index is 0.134. The fourth-order valence-corrected chi connectivity index (χ4v) is 4.19. The van der Waals surface area contributed by atoms with E-state index < -0.39 is 0 Å². The zero-order valence-corrected chi connectivity index (χ0v) is 20.2. The molecule has 1 unspecified atom stereocenters. The first kappa shape index (κ1) is 24.4. The van der Waals surface area contributed by atoms with Crippen LogP contribution in [0.25, 0.3) is 0 Å². The molecular formula is C25H30N4O3S. The van der Waals surface area contributed by atoms with Crippen molar-refractivity contribution in [3.8, 4) is 0 Å². The molecular weight excluding hydrogens is 436 g/mol. The van der Waals surface area contributed by atoms with Crippen LogP contribution in [-0.4, -0.2) is 42.1 Å². The number of carbonyl (C=O) groups excluding carboxylic acids is 2. The summed E-state index contributed by atoms with van der Waals surface area (Å²) in [6.07, 6.45) is 0. The van der Waals surface area contributed by atoms with Crippen molar-refractivity contribution in [3.63, 3.8) is 0 Å². The lowest BCUT2D eigenvalue weighted by atomic mass is 10.1. The largest absolute Gasteiger partial charge is 0.383 e. The lowest BCUT2D eigenvalue weighted by Gasteiger charge is -2.23. The van der Waals surface area contributed by atoms with E-state index >= 15 is 0 Å². The van der Waals surface area contributed by atoms with Crippen LogP contribution in [0.5, 0.6) is 0 Å². The SMILES string of the molecule is COCCN(Cc1nc(C(=O)NC(C)c2ccccc2)cs1)C(=O)Nc1c(C)cccc1C. The Labute approximate surface area is 198 Å². The fourth-order valence-electron chi connectivity index (χ4n) is 3.40. The van der Waals surface area contributed by atoms with E-state index in [1.807, 2.05) is 69.3 Å². The average Bonchev–Trinajstić information content (AvgIpc) is 3.28. The molecule has 0 spiro atoms. The number of para-hydroxylation sites is 1. The molecule has 7 nitrogen and oxygen atoms in total. The third-order valence-corrected chi connectivity index (χ3v) is 6.16. The zero-order chi connectivity index (χ0) is 23.8. The summed E-state index contributed by atoms with van der Waals surface area (Å²) in [4.78, 5) is 31.8. The summed E-state index contributed by atoms with van der Waals surface area (Å²) in [5.74, 6) is -0.239. The van der Waals surface area contributed by atoms with E-state index in [1.165, 1.54) is 11.3 Å². The van der Waals surface area contributed by atoms with E-state index in [0.29, 0.717) is 23.9 Å². The van der Waals surface area contributed by atoms with Crippen molar-refractivity contribution in [3.05, 3.63) is 81.3 Å². The number of ether oxygens (including phenoxy) is 1. The van der Waals surface area contributed by atoms with Crippen LogP contribution in [0, 0.1) is 13.8 Å². The summed E-state index contributed by atoms with van der Waals surface area (Å²) in [6.45, 7) is 6.94. The molecule has 3 aromatic rings. The van der Waals surface area contributed by atoms with Crippen LogP contribution in [0.4, 0.5) is 10.5 Å². The van der Waals surface area contributed by atoms with Crippen molar-refractivity contribution in [1.29, 1.82) is 0 Å². The summed E-state index contributed by atoms with van der Waals surface area (Å²) in [7, 11) is 1.60. The predicted molar refractivity (Wildman–Crippen MR) is 132 cm³/mol. The number of methoxy groups -OCH3 is 1. The third kappa shape index (κ3) is 6.63. The molecule has 3 rings (SSSR count). The topological polar surface area (TPSA) is 83.6 Å². The highest BCUT2D eigenvalue weighted by Crippen LogP contribution is 2.21. The summed E-state index contributed by atoms with van der Waals surface area (Å²) in [6, 6.07) is 15.3. The highest BCUT2D eigenvalue weighted by molar-refractivity contribution is 7.09. The molecule has 0 saturated carbocycles. The van der Waals surface area contributed by atoms with Crippen LogP contribution >= 0.6 is 11.3 Å². The number of anilines is 1. The van der Waals surface area contributed by atoms with Gasteiger partial charge in [-0.25, -0.2) is 9.78 Å². The van der Waals surface area contributed by atoms with E-state index in [1.54, 1.807) is 17.4 Å². The van der Waals surface area contributed by atoms with Crippen LogP contribution < -0.4 is 10.6 Å². The maximum Gasteiger partial charge on any atom is 0.322 e. The van der Waals surface area contributed by atoms with Crippen molar-refractivity contribution in [2.45, 2.75) is 33.4 Å². The molecule has 1 aromatic heterocycles. The highest BCUT2D eigenvalue weighted by atomic mass is 32.1. The van der Waals surface area contributed by atoms with Crippen molar-refractivity contribution in [1.82, 2.24) is 15.2 Å². The summed E-state index contributed by atoms with van der Waals surface area (Å²) in [5.41, 5.74) is 4.17. The van der Waals surface area contributed by atoms with Gasteiger partial charge >= 0.3 is 6.03 Å². The fraction of sp³-hybridized carbons (Fsp3) is 0.320. The predicted octanol–water partition coefficient (Wildman–Crippen LogP) is 4.93. The molecule has 1 atom stereocenters. The van der Waals surface area contributed by atoms with E-state index in [9.17, 15) is 9.59 Å². The van der Waals surface area contributed by atoms with Crippen LogP contribution in [0.2, 0.25) is 0 Å². The molecule has 0 radical (unpaired) electrons. The summed E-state index contributed by atoms with van der Waals surface area (Å²) < 4.78 is 5.18. The van der Waals surface area contributed by atoms with Crippen LogP contribution in [0.1, 0.15) is 45.2 Å². The van der Waals surface area contributed by atoms with Gasteiger partial charge in [0.05, 0.1) is 19.2 Å². The number of carbonyl (C=O) groups is 2. The normalized spacial score (nSPS) is 11.6. The number of benzene rings is 2. The number of nitrogens with zero attached hydrogens (tertiary/aromatic N) is 2. The van der Waals surface area contributed by atoms with Gasteiger partial charge in [-0.15, -0.1) is 11.3 Å². The molecule has 0 saturated heterocycles. The molecule has 2 N–H and O–H groups in total. The first-order valence-electron chi connectivity index (χ1n) is 10.8. The Bertz CT molecular complexity index is 1060. The summed E-state index contributed by atoms with van der Waals surface area (Å²) >= 11 is 1.36. The first-order chi connectivity index (χ1) is 15.9. The molecule has 0 fully saturated rings. The number of amides is 3. The van der Waals surface area contributed by atoms with Gasteiger partial charge in [0.1, 0.15) is 10.7 Å². The Morgan fingerprint density at radius 3 is 2.45 bits per heavy atom. The number of rotatable bonds is 9. The van der Waals surface area contributed by atoms with Gasteiger partial charge in [-0.05, 0) is 37.5 Å². The third-order valence-electron chi connectivity index (χ3n) is 5.32. The molecule has 3 amide bonds. The number of hydrogen-bond acceptors (Lipinski definition) is 5. The van der Waals surface area contributed by atoms with Crippen molar-refractivity contribution in [2.75, 3.05) is 25.6 Å². The second kappa shape index (κ2) is 11.6. The molecule has 33 heavy (non-hydrogen) atoms. The summed E-state index contributed by atoms with van der Waals surface area (Å²) in [5, 5.41) is 8.39. The number of aryl methyl sites for hydroxylation is 2. The van der Waals surface area contributed by atoms with Gasteiger partial charge in [0.25, 0.3) is 5.91 Å². The number of nitrogens with one attached hydrogen (secondary N) is 2. The van der Waals surface area contributed by atoms with E-state index in [0.717, 1.165) is 22.4 Å². The minimum atomic E-state index is -0.239. The Morgan fingerprint density at radius 2 is 1.79 bits per heavy atom. The second-order valence-electron chi connectivity index (χ2n) is 7.84. The number of hydrogen-bond donors (Lipinski definition) is 2. The van der Waals surface area contributed by atoms with E-state index in [4.69, 9.17) is 4.74 Å². The average molecular weight is 467 g/mol. The molecule has 1 heterocycles. The quantitative estimate of drug-likeness (QED) is 0.468. The van der Waals surface area contributed by atoms with Crippen molar-refractivity contribution in [2.24, 2.45) is 0 Å². The van der Waals surface area contributed by atoms with Crippen molar-refractivity contribution < 1.29 is 14.3 Å². The van der Waals surface area contributed by atoms with E-state index in [2.05, 4.69) is 15.6 Å². The molecule has 0 aliphatic carbocycles. The van der Waals surface area contributed by atoms with Crippen LogP contribution in [0.15, 0.2) is 53.9 Å². The maximum atomic E-state index is 13.0. The molecule has 0 bridgehead atoms. The Kier molecular flexibility index (Phi) is 8.57. The van der Waals surface area contributed by atoms with Crippen LogP contribution in [0.3, 0.4) is 0 Å². The van der Waals surface area contributed by atoms with E-state index in [-0.39, 0.29) is 24.5 Å².